The van der Waals surface area contributed by atoms with Gasteiger partial charge in [0.1, 0.15) is 5.82 Å². The summed E-state index contributed by atoms with van der Waals surface area (Å²) < 4.78 is 15.1. The van der Waals surface area contributed by atoms with Gasteiger partial charge in [0.2, 0.25) is 0 Å². The number of allylic oxidation sites excluding steroid dienone is 2. The van der Waals surface area contributed by atoms with Gasteiger partial charge in [-0.15, -0.1) is 0 Å². The maximum Gasteiger partial charge on any atom is 0.134 e. The Hall–Kier alpha value is -4.07. The Labute approximate surface area is 234 Å². The standard InChI is InChI=1S/C38H37F/c1-3-5-7-8-10-12-35-26-27-36-29-34(25-28-37(36)38(35)39)24-23-33-21-19-32(20-22-33)18-17-31-15-13-30(14-16-31)11-9-6-4-2/h4,6,13-16,19-22,25-29H,3,5,7-12H2,1-2H3/b6-4+. The van der Waals surface area contributed by atoms with E-state index in [2.05, 4.69) is 73.9 Å². The summed E-state index contributed by atoms with van der Waals surface area (Å²) in [6.45, 7) is 4.26. The molecule has 196 valence electrons. The van der Waals surface area contributed by atoms with Gasteiger partial charge in [-0.1, -0.05) is 98.8 Å². The van der Waals surface area contributed by atoms with Crippen molar-refractivity contribution in [3.05, 3.63) is 130 Å². The van der Waals surface area contributed by atoms with E-state index in [9.17, 15) is 0 Å². The van der Waals surface area contributed by atoms with Gasteiger partial charge in [0.15, 0.2) is 0 Å². The summed E-state index contributed by atoms with van der Waals surface area (Å²) in [7, 11) is 0. The summed E-state index contributed by atoms with van der Waals surface area (Å²) in [5.41, 5.74) is 5.93. The number of aryl methyl sites for hydroxylation is 2. The van der Waals surface area contributed by atoms with Crippen LogP contribution >= 0.6 is 0 Å². The monoisotopic (exact) mass is 512 g/mol. The molecule has 0 unspecified atom stereocenters. The predicted octanol–water partition coefficient (Wildman–Crippen LogP) is 9.80. The van der Waals surface area contributed by atoms with Crippen LogP contribution in [0.15, 0.2) is 91.0 Å². The zero-order valence-electron chi connectivity index (χ0n) is 23.2. The average molecular weight is 513 g/mol. The van der Waals surface area contributed by atoms with E-state index in [0.29, 0.717) is 5.39 Å². The van der Waals surface area contributed by atoms with E-state index in [1.807, 2.05) is 54.6 Å². The number of halogens is 1. The molecule has 4 aromatic rings. The molecule has 0 radical (unpaired) electrons. The predicted molar refractivity (Wildman–Crippen MR) is 164 cm³/mol. The van der Waals surface area contributed by atoms with Gasteiger partial charge in [0.25, 0.3) is 0 Å². The smallest absolute Gasteiger partial charge is 0.134 e. The third-order valence-electron chi connectivity index (χ3n) is 6.96. The summed E-state index contributed by atoms with van der Waals surface area (Å²) in [6.07, 6.45) is 13.1. The van der Waals surface area contributed by atoms with Gasteiger partial charge in [0, 0.05) is 27.6 Å². The van der Waals surface area contributed by atoms with Crippen LogP contribution in [-0.4, -0.2) is 0 Å². The van der Waals surface area contributed by atoms with Gasteiger partial charge in [-0.2, -0.15) is 0 Å². The molecule has 1 heteroatoms. The Morgan fingerprint density at radius 2 is 1.23 bits per heavy atom. The Kier molecular flexibility index (Phi) is 10.6. The number of rotatable bonds is 9. The second kappa shape index (κ2) is 14.8. The van der Waals surface area contributed by atoms with Gasteiger partial charge >= 0.3 is 0 Å². The summed E-state index contributed by atoms with van der Waals surface area (Å²) in [5.74, 6) is 12.9. The highest BCUT2D eigenvalue weighted by atomic mass is 19.1. The highest BCUT2D eigenvalue weighted by molar-refractivity contribution is 5.85. The lowest BCUT2D eigenvalue weighted by Gasteiger charge is -2.07. The molecule has 0 spiro atoms. The third kappa shape index (κ3) is 8.46. The quantitative estimate of drug-likeness (QED) is 0.119. The minimum absolute atomic E-state index is 0.0838. The summed E-state index contributed by atoms with van der Waals surface area (Å²) >= 11 is 0. The molecule has 4 rings (SSSR count). The second-order valence-electron chi connectivity index (χ2n) is 10.0. The largest absolute Gasteiger partial charge is 0.206 e. The van der Waals surface area contributed by atoms with Crippen molar-refractivity contribution in [2.45, 2.75) is 65.2 Å². The van der Waals surface area contributed by atoms with Crippen LogP contribution in [0.3, 0.4) is 0 Å². The van der Waals surface area contributed by atoms with Gasteiger partial charge in [-0.25, -0.2) is 4.39 Å². The van der Waals surface area contributed by atoms with Gasteiger partial charge in [-0.3, -0.25) is 0 Å². The van der Waals surface area contributed by atoms with Crippen molar-refractivity contribution in [3.8, 4) is 23.7 Å². The molecule has 0 heterocycles. The topological polar surface area (TPSA) is 0 Å². The lowest BCUT2D eigenvalue weighted by atomic mass is 9.99. The van der Waals surface area contributed by atoms with E-state index in [0.717, 1.165) is 58.9 Å². The van der Waals surface area contributed by atoms with Crippen LogP contribution in [0.2, 0.25) is 0 Å². The van der Waals surface area contributed by atoms with Crippen molar-refractivity contribution < 1.29 is 4.39 Å². The molecule has 0 bridgehead atoms. The summed E-state index contributed by atoms with van der Waals surface area (Å²) in [5, 5.41) is 1.57. The maximum absolute atomic E-state index is 15.1. The van der Waals surface area contributed by atoms with E-state index in [1.165, 1.54) is 31.2 Å². The van der Waals surface area contributed by atoms with E-state index in [4.69, 9.17) is 0 Å². The zero-order valence-corrected chi connectivity index (χ0v) is 23.2. The number of unbranched alkanes of at least 4 members (excludes halogenated alkanes) is 4. The molecular weight excluding hydrogens is 475 g/mol. The molecule has 0 aromatic heterocycles. The van der Waals surface area contributed by atoms with Crippen molar-refractivity contribution in [2.24, 2.45) is 0 Å². The fourth-order valence-corrected chi connectivity index (χ4v) is 4.62. The van der Waals surface area contributed by atoms with E-state index in [-0.39, 0.29) is 5.82 Å². The van der Waals surface area contributed by atoms with Gasteiger partial charge in [-0.05, 0) is 97.7 Å². The molecule has 0 amide bonds. The van der Waals surface area contributed by atoms with Crippen molar-refractivity contribution in [1.29, 1.82) is 0 Å². The molecule has 0 atom stereocenters. The zero-order chi connectivity index (χ0) is 27.3. The first-order chi connectivity index (χ1) is 19.2. The molecule has 0 fully saturated rings. The Bertz CT molecular complexity index is 1510. The highest BCUT2D eigenvalue weighted by Gasteiger charge is 2.07. The lowest BCUT2D eigenvalue weighted by Crippen LogP contribution is -1.93. The first kappa shape index (κ1) is 28.0. The van der Waals surface area contributed by atoms with Crippen LogP contribution in [0, 0.1) is 29.5 Å². The van der Waals surface area contributed by atoms with Crippen LogP contribution < -0.4 is 0 Å². The lowest BCUT2D eigenvalue weighted by molar-refractivity contribution is 0.595. The fraction of sp³-hybridized carbons (Fsp3) is 0.263. The molecule has 39 heavy (non-hydrogen) atoms. The Balaban J connectivity index is 1.37. The van der Waals surface area contributed by atoms with Crippen LogP contribution in [-0.2, 0) is 12.8 Å². The van der Waals surface area contributed by atoms with Crippen molar-refractivity contribution >= 4 is 10.8 Å². The van der Waals surface area contributed by atoms with Crippen LogP contribution in [0.1, 0.15) is 85.8 Å². The molecule has 0 nitrogen and oxygen atoms in total. The summed E-state index contributed by atoms with van der Waals surface area (Å²) in [6, 6.07) is 26.2. The number of hydrogen-bond donors (Lipinski definition) is 0. The average Bonchev–Trinajstić information content (AvgIpc) is 2.97. The second-order valence-corrected chi connectivity index (χ2v) is 10.0. The first-order valence-corrected chi connectivity index (χ1v) is 14.2. The molecule has 0 aliphatic carbocycles. The SMILES string of the molecule is C/C=C/CCc1ccc(C#Cc2ccc(C#Cc3ccc4c(F)c(CCCCCCC)ccc4c3)cc2)cc1. The molecule has 0 aliphatic rings. The Morgan fingerprint density at radius 3 is 1.87 bits per heavy atom. The van der Waals surface area contributed by atoms with Crippen LogP contribution in [0.5, 0.6) is 0 Å². The molecule has 0 N–H and O–H groups in total. The van der Waals surface area contributed by atoms with E-state index in [1.54, 1.807) is 0 Å². The number of fused-ring (bicyclic) bond motifs is 1. The fourth-order valence-electron chi connectivity index (χ4n) is 4.62. The minimum Gasteiger partial charge on any atom is -0.206 e. The molecule has 0 saturated heterocycles. The van der Waals surface area contributed by atoms with Crippen molar-refractivity contribution in [1.82, 2.24) is 0 Å². The summed E-state index contributed by atoms with van der Waals surface area (Å²) in [4.78, 5) is 0. The number of benzene rings is 4. The minimum atomic E-state index is -0.0838. The maximum atomic E-state index is 15.1. The molecule has 0 saturated carbocycles. The van der Waals surface area contributed by atoms with Gasteiger partial charge < -0.3 is 0 Å². The van der Waals surface area contributed by atoms with Crippen molar-refractivity contribution in [2.75, 3.05) is 0 Å². The van der Waals surface area contributed by atoms with E-state index < -0.39 is 0 Å². The van der Waals surface area contributed by atoms with Crippen LogP contribution in [0.4, 0.5) is 4.39 Å². The van der Waals surface area contributed by atoms with Crippen LogP contribution in [0.25, 0.3) is 10.8 Å². The normalized spacial score (nSPS) is 10.7. The molecule has 4 aromatic carbocycles. The Morgan fingerprint density at radius 1 is 0.641 bits per heavy atom. The highest BCUT2D eigenvalue weighted by Crippen LogP contribution is 2.24. The van der Waals surface area contributed by atoms with Crippen molar-refractivity contribution in [3.63, 3.8) is 0 Å². The van der Waals surface area contributed by atoms with Gasteiger partial charge in [0.05, 0.1) is 0 Å². The first-order valence-electron chi connectivity index (χ1n) is 14.2. The number of hydrogen-bond acceptors (Lipinski definition) is 0. The molecular formula is C38H37F. The molecule has 0 aliphatic heterocycles. The van der Waals surface area contributed by atoms with E-state index >= 15 is 4.39 Å². The third-order valence-corrected chi connectivity index (χ3v) is 6.96.